The van der Waals surface area contributed by atoms with E-state index in [9.17, 15) is 14.9 Å². The summed E-state index contributed by atoms with van der Waals surface area (Å²) in [5.74, 6) is 0. The van der Waals surface area contributed by atoms with Crippen molar-refractivity contribution in [2.75, 3.05) is 0 Å². The van der Waals surface area contributed by atoms with Crippen molar-refractivity contribution in [1.82, 2.24) is 0 Å². The average molecular weight is 311 g/mol. The molecule has 4 nitrogen and oxygen atoms in total. The number of unbranched alkanes of at least 4 members (excludes halogenated alkanes) is 10. The van der Waals surface area contributed by atoms with Crippen LogP contribution in [0.4, 0.5) is 0 Å². The molecule has 1 unspecified atom stereocenters. The molecule has 0 aliphatic heterocycles. The number of hydrogen-bond acceptors (Lipinski definition) is 3. The zero-order valence-corrected chi connectivity index (χ0v) is 14.2. The predicted molar refractivity (Wildman–Crippen MR) is 91.7 cm³/mol. The average Bonchev–Trinajstić information content (AvgIpc) is 2.50. The number of nitro groups is 1. The van der Waals surface area contributed by atoms with Crippen molar-refractivity contribution in [3.8, 4) is 0 Å². The van der Waals surface area contributed by atoms with E-state index in [1.165, 1.54) is 25.7 Å². The van der Waals surface area contributed by atoms with Gasteiger partial charge in [-0.1, -0.05) is 57.9 Å². The smallest absolute Gasteiger partial charge is 0.231 e. The van der Waals surface area contributed by atoms with Crippen molar-refractivity contribution in [3.63, 3.8) is 0 Å². The first-order valence-electron chi connectivity index (χ1n) is 8.96. The van der Waals surface area contributed by atoms with Crippen LogP contribution in [0, 0.1) is 10.1 Å². The lowest BCUT2D eigenvalue weighted by atomic mass is 10.0. The fourth-order valence-electron chi connectivity index (χ4n) is 2.50. The van der Waals surface area contributed by atoms with Crippen molar-refractivity contribution in [1.29, 1.82) is 0 Å². The van der Waals surface area contributed by atoms with Crippen molar-refractivity contribution in [3.05, 3.63) is 22.3 Å². The summed E-state index contributed by atoms with van der Waals surface area (Å²) < 4.78 is 0. The number of rotatable bonds is 16. The van der Waals surface area contributed by atoms with Gasteiger partial charge in [0.1, 0.15) is 6.29 Å². The Morgan fingerprint density at radius 1 is 0.909 bits per heavy atom. The van der Waals surface area contributed by atoms with E-state index in [1.807, 2.05) is 6.08 Å². The summed E-state index contributed by atoms with van der Waals surface area (Å²) in [6.45, 7) is 2.20. The molecule has 0 fully saturated rings. The highest BCUT2D eigenvalue weighted by Gasteiger charge is 2.14. The normalized spacial score (nSPS) is 12.6. The highest BCUT2D eigenvalue weighted by atomic mass is 16.6. The molecular formula is C18H33NO3. The summed E-state index contributed by atoms with van der Waals surface area (Å²) in [5, 5.41) is 11.0. The van der Waals surface area contributed by atoms with Gasteiger partial charge in [-0.05, 0) is 31.8 Å². The first-order chi connectivity index (χ1) is 10.7. The fraction of sp³-hybridized carbons (Fsp3) is 0.833. The quantitative estimate of drug-likeness (QED) is 0.125. The topological polar surface area (TPSA) is 60.2 Å². The van der Waals surface area contributed by atoms with E-state index >= 15 is 0 Å². The third-order valence-corrected chi connectivity index (χ3v) is 3.93. The summed E-state index contributed by atoms with van der Waals surface area (Å²) >= 11 is 0. The van der Waals surface area contributed by atoms with Crippen molar-refractivity contribution >= 4 is 6.29 Å². The van der Waals surface area contributed by atoms with Crippen LogP contribution in [0.5, 0.6) is 0 Å². The summed E-state index contributed by atoms with van der Waals surface area (Å²) in [7, 11) is 0. The van der Waals surface area contributed by atoms with Gasteiger partial charge in [0.05, 0.1) is 0 Å². The van der Waals surface area contributed by atoms with Gasteiger partial charge in [-0.3, -0.25) is 10.1 Å². The Hall–Kier alpha value is -1.19. The molecule has 0 bridgehead atoms. The minimum Gasteiger partial charge on any atom is -0.303 e. The van der Waals surface area contributed by atoms with Gasteiger partial charge in [0.15, 0.2) is 0 Å². The van der Waals surface area contributed by atoms with Crippen LogP contribution in [0.1, 0.15) is 90.4 Å². The van der Waals surface area contributed by atoms with E-state index in [1.54, 1.807) is 6.08 Å². The lowest BCUT2D eigenvalue weighted by molar-refractivity contribution is -0.510. The maximum Gasteiger partial charge on any atom is 0.231 e. The van der Waals surface area contributed by atoms with Gasteiger partial charge in [-0.2, -0.15) is 0 Å². The van der Waals surface area contributed by atoms with Crippen LogP contribution in [0.2, 0.25) is 0 Å². The fourth-order valence-corrected chi connectivity index (χ4v) is 2.50. The van der Waals surface area contributed by atoms with E-state index in [4.69, 9.17) is 0 Å². The molecule has 0 radical (unpaired) electrons. The number of carbonyl (C=O) groups excluding carboxylic acids is 1. The molecular weight excluding hydrogens is 278 g/mol. The summed E-state index contributed by atoms with van der Waals surface area (Å²) in [5.41, 5.74) is 0. The molecule has 0 aromatic carbocycles. The van der Waals surface area contributed by atoms with Gasteiger partial charge in [-0.25, -0.2) is 0 Å². The minimum atomic E-state index is -0.523. The maximum absolute atomic E-state index is 11.0. The van der Waals surface area contributed by atoms with Gasteiger partial charge in [0.2, 0.25) is 6.04 Å². The van der Waals surface area contributed by atoms with Crippen molar-refractivity contribution < 1.29 is 9.72 Å². The van der Waals surface area contributed by atoms with Crippen LogP contribution in [0.15, 0.2) is 12.2 Å². The first kappa shape index (κ1) is 20.8. The zero-order chi connectivity index (χ0) is 16.5. The Morgan fingerprint density at radius 3 is 2.14 bits per heavy atom. The minimum absolute atomic E-state index is 0.167. The van der Waals surface area contributed by atoms with Crippen LogP contribution >= 0.6 is 0 Å². The third-order valence-electron chi connectivity index (χ3n) is 3.93. The molecule has 0 rings (SSSR count). The summed E-state index contributed by atoms with van der Waals surface area (Å²) in [6, 6.07) is -0.523. The third kappa shape index (κ3) is 13.8. The summed E-state index contributed by atoms with van der Waals surface area (Å²) in [4.78, 5) is 21.0. The van der Waals surface area contributed by atoms with E-state index in [0.29, 0.717) is 12.8 Å². The lowest BCUT2D eigenvalue weighted by Gasteiger charge is -2.05. The first-order valence-corrected chi connectivity index (χ1v) is 8.96. The van der Waals surface area contributed by atoms with Gasteiger partial charge in [0, 0.05) is 17.8 Å². The lowest BCUT2D eigenvalue weighted by Crippen LogP contribution is -2.16. The van der Waals surface area contributed by atoms with Crippen LogP contribution in [0.25, 0.3) is 0 Å². The largest absolute Gasteiger partial charge is 0.303 e. The Labute approximate surface area is 135 Å². The molecule has 0 saturated heterocycles. The molecule has 1 atom stereocenters. The zero-order valence-electron chi connectivity index (χ0n) is 14.2. The summed E-state index contributed by atoms with van der Waals surface area (Å²) in [6.07, 6.45) is 18.1. The van der Waals surface area contributed by atoms with E-state index in [2.05, 4.69) is 6.92 Å². The van der Waals surface area contributed by atoms with E-state index in [-0.39, 0.29) is 4.92 Å². The molecule has 22 heavy (non-hydrogen) atoms. The monoisotopic (exact) mass is 311 g/mol. The molecule has 0 aromatic heterocycles. The molecule has 0 amide bonds. The molecule has 128 valence electrons. The second-order valence-corrected chi connectivity index (χ2v) is 6.00. The molecule has 0 aliphatic rings. The number of carbonyl (C=O) groups is 1. The van der Waals surface area contributed by atoms with E-state index in [0.717, 1.165) is 51.2 Å². The highest BCUT2D eigenvalue weighted by molar-refractivity contribution is 5.48. The Bertz CT molecular complexity index is 303. The second kappa shape index (κ2) is 16.2. The molecule has 4 heteroatoms. The number of nitrogens with zero attached hydrogens (tertiary/aromatic N) is 1. The predicted octanol–water partition coefficient (Wildman–Crippen LogP) is 5.48. The molecule has 0 heterocycles. The van der Waals surface area contributed by atoms with Crippen LogP contribution in [-0.4, -0.2) is 17.3 Å². The molecule has 0 aromatic rings. The molecule has 0 spiro atoms. The molecule has 0 N–H and O–H groups in total. The van der Waals surface area contributed by atoms with Gasteiger partial charge >= 0.3 is 0 Å². The Balaban J connectivity index is 3.68. The Morgan fingerprint density at radius 2 is 1.50 bits per heavy atom. The standard InChI is InChI=1S/C18H33NO3/c1-2-3-4-5-6-9-12-15-18(19(21)22)16-13-10-7-8-11-14-17-20/h12,15,17-18H,2-11,13-14,16H2,1H3/b15-12-. The number of allylic oxidation sites excluding steroid dienone is 1. The van der Waals surface area contributed by atoms with Crippen LogP contribution in [-0.2, 0) is 4.79 Å². The second-order valence-electron chi connectivity index (χ2n) is 6.00. The van der Waals surface area contributed by atoms with Crippen molar-refractivity contribution in [2.24, 2.45) is 0 Å². The van der Waals surface area contributed by atoms with Crippen molar-refractivity contribution in [2.45, 2.75) is 96.4 Å². The maximum atomic E-state index is 11.0. The van der Waals surface area contributed by atoms with E-state index < -0.39 is 6.04 Å². The van der Waals surface area contributed by atoms with Gasteiger partial charge < -0.3 is 4.79 Å². The number of aldehydes is 1. The molecule has 0 aliphatic carbocycles. The number of hydrogen-bond donors (Lipinski definition) is 0. The highest BCUT2D eigenvalue weighted by Crippen LogP contribution is 2.12. The molecule has 0 saturated carbocycles. The Kier molecular flexibility index (Phi) is 15.3. The van der Waals surface area contributed by atoms with Crippen LogP contribution in [0.3, 0.4) is 0 Å². The van der Waals surface area contributed by atoms with Gasteiger partial charge in [0.25, 0.3) is 0 Å². The van der Waals surface area contributed by atoms with Crippen LogP contribution < -0.4 is 0 Å². The van der Waals surface area contributed by atoms with Gasteiger partial charge in [-0.15, -0.1) is 0 Å². The SMILES string of the molecule is CCCCCCC/C=C\C(CCCCCCCC=O)[N+](=O)[O-].